The summed E-state index contributed by atoms with van der Waals surface area (Å²) in [7, 11) is 0. The Hall–Kier alpha value is -2.37. The van der Waals surface area contributed by atoms with Crippen molar-refractivity contribution in [1.29, 1.82) is 0 Å². The van der Waals surface area contributed by atoms with Crippen molar-refractivity contribution in [3.8, 4) is 0 Å². The zero-order valence-corrected chi connectivity index (χ0v) is 25.6. The average Bonchev–Trinajstić information content (AvgIpc) is 3.15. The van der Waals surface area contributed by atoms with Crippen LogP contribution in [0.4, 0.5) is 4.79 Å². The van der Waals surface area contributed by atoms with Crippen molar-refractivity contribution < 1.29 is 23.9 Å². The molecule has 6 atom stereocenters. The molecule has 0 bridgehead atoms. The summed E-state index contributed by atoms with van der Waals surface area (Å²) in [6, 6.07) is 10.0. The molecule has 2 aliphatic heterocycles. The molecule has 7 heteroatoms. The molecule has 39 heavy (non-hydrogen) atoms. The Morgan fingerprint density at radius 2 is 1.90 bits per heavy atom. The van der Waals surface area contributed by atoms with Crippen LogP contribution in [0, 0.1) is 17.8 Å². The van der Waals surface area contributed by atoms with Gasteiger partial charge in [-0.25, -0.2) is 4.79 Å². The molecular weight excluding hydrogens is 557 g/mol. The minimum absolute atomic E-state index is 0.0315. The first-order valence-electron chi connectivity index (χ1n) is 14.4. The van der Waals surface area contributed by atoms with E-state index >= 15 is 0 Å². The predicted octanol–water partition coefficient (Wildman–Crippen LogP) is 5.57. The predicted molar refractivity (Wildman–Crippen MR) is 154 cm³/mol. The number of hydrogen-bond acceptors (Lipinski definition) is 5. The summed E-state index contributed by atoms with van der Waals surface area (Å²) >= 11 is -0.148. The molecule has 2 heterocycles. The quantitative estimate of drug-likeness (QED) is 0.288. The van der Waals surface area contributed by atoms with Gasteiger partial charge in [0.1, 0.15) is 5.60 Å². The fraction of sp³-hybridized carbons (Fsp3) is 0.594. The number of hydrogen-bond donors (Lipinski definition) is 0. The first-order chi connectivity index (χ1) is 18.5. The van der Waals surface area contributed by atoms with Gasteiger partial charge in [0.05, 0.1) is 0 Å². The number of amides is 1. The number of nitrogens with zero attached hydrogens (tertiary/aromatic N) is 1. The van der Waals surface area contributed by atoms with Crippen molar-refractivity contribution in [3.63, 3.8) is 0 Å². The summed E-state index contributed by atoms with van der Waals surface area (Å²) in [5, 5.41) is 0. The topological polar surface area (TPSA) is 72.9 Å². The van der Waals surface area contributed by atoms with Crippen molar-refractivity contribution in [2.24, 2.45) is 17.8 Å². The molecule has 0 N–H and O–H groups in total. The average molecular weight is 601 g/mol. The zero-order valence-electron chi connectivity index (χ0n) is 23.9. The zero-order chi connectivity index (χ0) is 28.2. The van der Waals surface area contributed by atoms with Crippen LogP contribution in [0.3, 0.4) is 0 Å². The van der Waals surface area contributed by atoms with Gasteiger partial charge >= 0.3 is 191 Å². The number of benzene rings is 1. The molecule has 0 aromatic heterocycles. The molecule has 212 valence electrons. The van der Waals surface area contributed by atoms with E-state index in [2.05, 4.69) is 25.2 Å². The van der Waals surface area contributed by atoms with E-state index in [-0.39, 0.29) is 63.0 Å². The number of fused-ring (bicyclic) bond motifs is 1. The molecule has 3 aliphatic rings. The van der Waals surface area contributed by atoms with Gasteiger partial charge in [0.15, 0.2) is 0 Å². The summed E-state index contributed by atoms with van der Waals surface area (Å²) in [6.07, 6.45) is 12.1. The Bertz CT molecular complexity index is 1090. The number of carbonyl (C=O) groups excluding carboxylic acids is 3. The van der Waals surface area contributed by atoms with Crippen molar-refractivity contribution in [2.45, 2.75) is 103 Å². The van der Waals surface area contributed by atoms with Crippen molar-refractivity contribution in [1.82, 2.24) is 4.90 Å². The Morgan fingerprint density at radius 3 is 2.62 bits per heavy atom. The van der Waals surface area contributed by atoms with Crippen LogP contribution in [-0.4, -0.2) is 60.4 Å². The van der Waals surface area contributed by atoms with Gasteiger partial charge in [-0.3, -0.25) is 0 Å². The molecule has 0 saturated carbocycles. The molecule has 1 aromatic carbocycles. The van der Waals surface area contributed by atoms with Gasteiger partial charge in [0.25, 0.3) is 0 Å². The maximum absolute atomic E-state index is 13.1. The molecule has 6 nitrogen and oxygen atoms in total. The van der Waals surface area contributed by atoms with E-state index in [0.29, 0.717) is 11.1 Å². The van der Waals surface area contributed by atoms with Gasteiger partial charge in [0.2, 0.25) is 0 Å². The molecular formula is C32H43NO5Se. The third-order valence-electron chi connectivity index (χ3n) is 7.91. The van der Waals surface area contributed by atoms with Gasteiger partial charge in [-0.15, -0.1) is 0 Å². The normalized spacial score (nSPS) is 29.1. The fourth-order valence-electron chi connectivity index (χ4n) is 6.16. The van der Waals surface area contributed by atoms with E-state index in [9.17, 15) is 14.4 Å². The molecule has 2 fully saturated rings. The van der Waals surface area contributed by atoms with Gasteiger partial charge in [-0.2, -0.15) is 0 Å². The van der Waals surface area contributed by atoms with Gasteiger partial charge < -0.3 is 4.74 Å². The van der Waals surface area contributed by atoms with Crippen molar-refractivity contribution >= 4 is 36.2 Å². The van der Waals surface area contributed by atoms with E-state index in [1.807, 2.05) is 62.9 Å². The number of cyclic esters (lactones) is 1. The van der Waals surface area contributed by atoms with E-state index in [4.69, 9.17) is 9.47 Å². The number of piperidine rings is 1. The second-order valence-corrected chi connectivity index (χ2v) is 14.6. The number of carbonyl (C=O) groups is 3. The molecule has 1 amide bonds. The van der Waals surface area contributed by atoms with Crippen LogP contribution >= 0.6 is 0 Å². The number of rotatable bonds is 8. The summed E-state index contributed by atoms with van der Waals surface area (Å²) in [4.78, 5) is 40.2. The Balaban J connectivity index is 1.45. The minimum atomic E-state index is -0.546. The number of esters is 1. The first-order valence-corrected chi connectivity index (χ1v) is 16.1. The van der Waals surface area contributed by atoms with Crippen LogP contribution in [0.5, 0.6) is 0 Å². The number of allylic oxidation sites excluding steroid dienone is 2. The van der Waals surface area contributed by atoms with Gasteiger partial charge in [-0.05, 0) is 34.1 Å². The van der Waals surface area contributed by atoms with E-state index < -0.39 is 5.60 Å². The SMILES string of the molecule is C[C@@H]1OC(=O)[C@H]2C[C@@H](CCCC(=O)[Se]c3ccccc3)C=C(/C=C/[C@H]3CCC[C@H](C)N3C(=O)OC(C)(C)C)[C@@H]12. The van der Waals surface area contributed by atoms with Crippen LogP contribution in [0.1, 0.15) is 79.6 Å². The monoisotopic (exact) mass is 601 g/mol. The van der Waals surface area contributed by atoms with Crippen molar-refractivity contribution in [3.05, 3.63) is 54.1 Å². The molecule has 1 aromatic rings. The standard InChI is InChI=1S/C32H43NO5Se/c1-21-11-9-13-25(33(21)31(36)38-32(3,4)5)18-17-24-19-23(20-27-29(24)22(2)37-30(27)35)12-10-16-28(34)39-26-14-7-6-8-15-26/h6-8,14-15,17-19,21-23,25,27,29H,9-13,16,20H2,1-5H3/b18-17+/t21-,22-,23-,25+,27-,29+/m0/s1. The molecule has 0 radical (unpaired) electrons. The molecule has 1 aliphatic carbocycles. The first kappa shape index (κ1) is 29.6. The van der Waals surface area contributed by atoms with E-state index in [0.717, 1.165) is 48.6 Å². The van der Waals surface area contributed by atoms with E-state index in [1.54, 1.807) is 0 Å². The van der Waals surface area contributed by atoms with Gasteiger partial charge in [0, 0.05) is 0 Å². The summed E-state index contributed by atoms with van der Waals surface area (Å²) < 4.78 is 12.8. The van der Waals surface area contributed by atoms with Gasteiger partial charge in [-0.1, -0.05) is 0 Å². The Kier molecular flexibility index (Phi) is 9.77. The molecule has 0 spiro atoms. The second-order valence-electron chi connectivity index (χ2n) is 12.2. The fourth-order valence-corrected chi connectivity index (χ4v) is 7.84. The molecule has 4 rings (SSSR count). The van der Waals surface area contributed by atoms with Crippen LogP contribution in [0.15, 0.2) is 54.1 Å². The van der Waals surface area contributed by atoms with Crippen LogP contribution in [0.25, 0.3) is 0 Å². The van der Waals surface area contributed by atoms with Crippen LogP contribution < -0.4 is 4.46 Å². The van der Waals surface area contributed by atoms with Crippen LogP contribution in [-0.2, 0) is 19.1 Å². The maximum atomic E-state index is 13.1. The third kappa shape index (κ3) is 7.85. The second kappa shape index (κ2) is 12.9. The number of ether oxygens (including phenoxy) is 2. The summed E-state index contributed by atoms with van der Waals surface area (Å²) in [6.45, 7) is 9.75. The third-order valence-corrected chi connectivity index (χ3v) is 9.89. The Labute approximate surface area is 239 Å². The summed E-state index contributed by atoms with van der Waals surface area (Å²) in [5.74, 6) is 0.00448. The summed E-state index contributed by atoms with van der Waals surface area (Å²) in [5.41, 5.74) is 0.576. The van der Waals surface area contributed by atoms with Crippen molar-refractivity contribution in [2.75, 3.05) is 0 Å². The van der Waals surface area contributed by atoms with Crippen LogP contribution in [0.2, 0.25) is 0 Å². The Morgan fingerprint density at radius 1 is 1.15 bits per heavy atom. The van der Waals surface area contributed by atoms with E-state index in [1.165, 1.54) is 0 Å². The number of likely N-dealkylation sites (tertiary alicyclic amines) is 1. The molecule has 2 saturated heterocycles. The molecule has 0 unspecified atom stereocenters.